The first-order chi connectivity index (χ1) is 17.4. The van der Waals surface area contributed by atoms with Gasteiger partial charge in [-0.05, 0) is 53.6 Å². The number of rotatable bonds is 7. The third-order valence-electron chi connectivity index (χ3n) is 5.92. The first kappa shape index (κ1) is 26.2. The van der Waals surface area contributed by atoms with Crippen LogP contribution >= 0.6 is 0 Å². The molecule has 1 N–H and O–H groups in total. The average Bonchev–Trinajstić information content (AvgIpc) is 2.88. The summed E-state index contributed by atoms with van der Waals surface area (Å²) in [5.41, 5.74) is 1.49. The van der Waals surface area contributed by atoms with E-state index in [-0.39, 0.29) is 34.1 Å². The van der Waals surface area contributed by atoms with Crippen molar-refractivity contribution in [1.82, 2.24) is 9.62 Å². The molecular formula is C25H25N3O7S2. The Kier molecular flexibility index (Phi) is 6.98. The molecule has 10 nitrogen and oxygen atoms in total. The minimum absolute atomic E-state index is 0.0798. The number of anilines is 1. The number of benzene rings is 3. The quantitative estimate of drug-likeness (QED) is 0.485. The summed E-state index contributed by atoms with van der Waals surface area (Å²) in [6.07, 6.45) is 1.07. The van der Waals surface area contributed by atoms with E-state index in [1.807, 2.05) is 6.07 Å². The van der Waals surface area contributed by atoms with Crippen LogP contribution in [0.3, 0.4) is 0 Å². The second-order valence-corrected chi connectivity index (χ2v) is 12.3. The number of fused-ring (bicyclic) bond motifs is 1. The maximum atomic E-state index is 13.5. The van der Waals surface area contributed by atoms with E-state index in [4.69, 9.17) is 4.74 Å². The van der Waals surface area contributed by atoms with Crippen molar-refractivity contribution in [3.05, 3.63) is 83.4 Å². The highest BCUT2D eigenvalue weighted by Gasteiger charge is 2.40. The van der Waals surface area contributed by atoms with E-state index in [2.05, 4.69) is 5.32 Å². The fourth-order valence-corrected chi connectivity index (χ4v) is 6.12. The molecule has 1 aliphatic heterocycles. The number of carbonyl (C=O) groups is 2. The van der Waals surface area contributed by atoms with Crippen LogP contribution in [0.2, 0.25) is 0 Å². The van der Waals surface area contributed by atoms with Crippen LogP contribution in [-0.4, -0.2) is 53.5 Å². The van der Waals surface area contributed by atoms with Crippen LogP contribution in [0.1, 0.15) is 21.5 Å². The van der Waals surface area contributed by atoms with Gasteiger partial charge < -0.3 is 10.1 Å². The highest BCUT2D eigenvalue weighted by atomic mass is 32.2. The zero-order chi connectivity index (χ0) is 27.0. The van der Waals surface area contributed by atoms with Crippen LogP contribution in [0.15, 0.2) is 76.5 Å². The number of sulfone groups is 1. The molecular weight excluding hydrogens is 518 g/mol. The number of hydrogen-bond acceptors (Lipinski definition) is 7. The lowest BCUT2D eigenvalue weighted by Gasteiger charge is -2.34. The van der Waals surface area contributed by atoms with Gasteiger partial charge in [-0.1, -0.05) is 24.3 Å². The number of nitrogens with zero attached hydrogens (tertiary/aromatic N) is 2. The molecule has 0 unspecified atom stereocenters. The zero-order valence-corrected chi connectivity index (χ0v) is 22.0. The zero-order valence-electron chi connectivity index (χ0n) is 20.3. The van der Waals surface area contributed by atoms with E-state index in [0.29, 0.717) is 15.6 Å². The van der Waals surface area contributed by atoms with Crippen LogP contribution in [0.5, 0.6) is 5.75 Å². The first-order valence-corrected chi connectivity index (χ1v) is 14.4. The highest BCUT2D eigenvalue weighted by molar-refractivity contribution is 7.90. The van der Waals surface area contributed by atoms with Crippen molar-refractivity contribution < 1.29 is 31.2 Å². The van der Waals surface area contributed by atoms with Gasteiger partial charge in [-0.15, -0.1) is 0 Å². The number of carbonyl (C=O) groups excluding carboxylic acids is 2. The van der Waals surface area contributed by atoms with E-state index in [1.54, 1.807) is 25.3 Å². The molecule has 4 rings (SSSR count). The van der Waals surface area contributed by atoms with Crippen molar-refractivity contribution in [2.24, 2.45) is 0 Å². The molecule has 0 bridgehead atoms. The Morgan fingerprint density at radius 2 is 1.70 bits per heavy atom. The standard InChI is InChI=1S/C25H25N3O7S2/c1-27-22-12-9-19(24(29)26-15-18-5-4-6-20(13-18)35-2)14-23(22)37(33,34)28(25(27)30)16-17-7-10-21(11-8-17)36(3,31)32/h4-14H,15-16H2,1-3H3,(H,26,29). The third-order valence-corrected chi connectivity index (χ3v) is 8.79. The topological polar surface area (TPSA) is 130 Å². The smallest absolute Gasteiger partial charge is 0.338 e. The lowest BCUT2D eigenvalue weighted by atomic mass is 10.1. The fourth-order valence-electron chi connectivity index (χ4n) is 3.86. The van der Waals surface area contributed by atoms with Crippen LogP contribution in [-0.2, 0) is 33.0 Å². The molecule has 3 aromatic carbocycles. The Bertz CT molecular complexity index is 1580. The monoisotopic (exact) mass is 543 g/mol. The van der Waals surface area contributed by atoms with Crippen LogP contribution in [0.4, 0.5) is 10.5 Å². The Balaban J connectivity index is 1.59. The van der Waals surface area contributed by atoms with Crippen molar-refractivity contribution in [1.29, 1.82) is 0 Å². The summed E-state index contributed by atoms with van der Waals surface area (Å²) in [5, 5.41) is 2.76. The van der Waals surface area contributed by atoms with Crippen molar-refractivity contribution in [2.75, 3.05) is 25.3 Å². The SMILES string of the molecule is COc1cccc(CNC(=O)c2ccc3c(c2)S(=O)(=O)N(Cc2ccc(S(C)(=O)=O)cc2)C(=O)N3C)c1. The minimum Gasteiger partial charge on any atom is -0.497 e. The van der Waals surface area contributed by atoms with E-state index < -0.39 is 31.8 Å². The Morgan fingerprint density at radius 1 is 1.00 bits per heavy atom. The largest absolute Gasteiger partial charge is 0.497 e. The van der Waals surface area contributed by atoms with Gasteiger partial charge >= 0.3 is 6.03 Å². The van der Waals surface area contributed by atoms with Gasteiger partial charge in [-0.3, -0.25) is 9.69 Å². The molecule has 194 valence electrons. The predicted octanol–water partition coefficient (Wildman–Crippen LogP) is 2.79. The van der Waals surface area contributed by atoms with Crippen molar-refractivity contribution in [3.8, 4) is 5.75 Å². The molecule has 0 aromatic heterocycles. The molecule has 12 heteroatoms. The van der Waals surface area contributed by atoms with Crippen LogP contribution in [0, 0.1) is 0 Å². The molecule has 3 amide bonds. The molecule has 0 fully saturated rings. The summed E-state index contributed by atoms with van der Waals surface area (Å²) < 4.78 is 56.2. The lowest BCUT2D eigenvalue weighted by Crippen LogP contribution is -2.48. The van der Waals surface area contributed by atoms with Crippen LogP contribution < -0.4 is 15.0 Å². The second-order valence-electron chi connectivity index (χ2n) is 8.49. The molecule has 0 saturated heterocycles. The molecule has 37 heavy (non-hydrogen) atoms. The summed E-state index contributed by atoms with van der Waals surface area (Å²) in [6, 6.07) is 16.1. The van der Waals surface area contributed by atoms with Crippen LogP contribution in [0.25, 0.3) is 0 Å². The predicted molar refractivity (Wildman–Crippen MR) is 137 cm³/mol. The third kappa shape index (κ3) is 5.30. The molecule has 1 heterocycles. The number of methoxy groups -OCH3 is 1. The van der Waals surface area contributed by atoms with E-state index >= 15 is 0 Å². The van der Waals surface area contributed by atoms with Gasteiger partial charge in [0.1, 0.15) is 10.6 Å². The van der Waals surface area contributed by atoms with E-state index in [9.17, 15) is 26.4 Å². The van der Waals surface area contributed by atoms with Gasteiger partial charge in [0.2, 0.25) is 0 Å². The molecule has 1 aliphatic rings. The summed E-state index contributed by atoms with van der Waals surface area (Å²) in [7, 11) is -4.75. The van der Waals surface area contributed by atoms with Gasteiger partial charge in [0.25, 0.3) is 15.9 Å². The maximum absolute atomic E-state index is 13.5. The van der Waals surface area contributed by atoms with Gasteiger partial charge in [0, 0.05) is 25.4 Å². The van der Waals surface area contributed by atoms with Gasteiger partial charge in [-0.2, -0.15) is 0 Å². The fraction of sp³-hybridized carbons (Fsp3) is 0.200. The number of ether oxygens (including phenoxy) is 1. The summed E-state index contributed by atoms with van der Waals surface area (Å²) in [5.74, 6) is 0.161. The number of nitrogens with one attached hydrogen (secondary N) is 1. The molecule has 0 radical (unpaired) electrons. The van der Waals surface area contributed by atoms with Gasteiger partial charge in [-0.25, -0.2) is 25.9 Å². The van der Waals surface area contributed by atoms with Gasteiger partial charge in [0.15, 0.2) is 9.84 Å². The Hall–Kier alpha value is -3.90. The van der Waals surface area contributed by atoms with E-state index in [1.165, 1.54) is 54.4 Å². The summed E-state index contributed by atoms with van der Waals surface area (Å²) in [4.78, 5) is 26.9. The van der Waals surface area contributed by atoms with Crippen molar-refractivity contribution in [2.45, 2.75) is 22.9 Å². The van der Waals surface area contributed by atoms with E-state index in [0.717, 1.165) is 11.8 Å². The molecule has 0 atom stereocenters. The Morgan fingerprint density at radius 3 is 2.35 bits per heavy atom. The second kappa shape index (κ2) is 9.87. The molecule has 0 aliphatic carbocycles. The summed E-state index contributed by atoms with van der Waals surface area (Å²) in [6.45, 7) is -0.102. The van der Waals surface area contributed by atoms with Crippen molar-refractivity contribution >= 4 is 37.5 Å². The lowest BCUT2D eigenvalue weighted by molar-refractivity contribution is 0.0950. The molecule has 0 spiro atoms. The number of sulfonamides is 1. The first-order valence-electron chi connectivity index (χ1n) is 11.1. The normalized spacial score (nSPS) is 14.7. The number of amides is 3. The molecule has 3 aromatic rings. The van der Waals surface area contributed by atoms with Gasteiger partial charge in [0.05, 0.1) is 24.2 Å². The number of urea groups is 1. The van der Waals surface area contributed by atoms with Crippen molar-refractivity contribution in [3.63, 3.8) is 0 Å². The maximum Gasteiger partial charge on any atom is 0.338 e. The summed E-state index contributed by atoms with van der Waals surface area (Å²) >= 11 is 0. The highest BCUT2D eigenvalue weighted by Crippen LogP contribution is 2.35. The average molecular weight is 544 g/mol. The minimum atomic E-state index is -4.31. The molecule has 0 saturated carbocycles. The Labute approximate surface area is 215 Å². The number of hydrogen-bond donors (Lipinski definition) is 1.